The summed E-state index contributed by atoms with van der Waals surface area (Å²) in [7, 11) is 0. The number of fused-ring (bicyclic) bond motifs is 24. The van der Waals surface area contributed by atoms with Crippen LogP contribution >= 0.6 is 0 Å². The normalized spacial score (nSPS) is 15.6. The van der Waals surface area contributed by atoms with Crippen molar-refractivity contribution < 1.29 is 156 Å². The van der Waals surface area contributed by atoms with Crippen LogP contribution in [-0.2, 0) is 78.5 Å². The zero-order valence-corrected chi connectivity index (χ0v) is 84.6. The SMILES string of the molecule is CCCCC.CCCCC.C[B-]1(C)[n+]2[c-]n(cc2)CCn2[c-][n+](cc2)[B-](C)(C)[n+]2[c-]n(cc2)CCn2[c-][n+]1cc2.C[B-]1(C)[n+]2[c-]n(cc2)CCn2[c-][n+](cc2)[B-](C)(C)[n+]2[c-]n(cc2)CCn2[c-][n+]1cc2.C[B-]1(C)n2[c-][n+](cc2)CCn2[c-][n+](cc2)[B-](C)(C)n2[c-][n+](cc2)CCn2[c-][n+]1cc2.[Br-].[Br-].[Br-].[Br-].[Br-].[Br-].[Sn+4].[Sn+4].[Sn+4]. The van der Waals surface area contributed by atoms with Gasteiger partial charge >= 0.3 is 110 Å². The number of nitrogens with zero attached hydrogens (tertiary/aromatic N) is 24. The van der Waals surface area contributed by atoms with E-state index in [1.807, 2.05) is 0 Å². The first-order valence-corrected chi connectivity index (χ1v) is 37.2. The molecule has 0 spiro atoms. The average molecular weight is 2190 g/mol. The van der Waals surface area contributed by atoms with Crippen molar-refractivity contribution in [3.8, 4) is 0 Å². The molecule has 12 aromatic heterocycles. The Hall–Kier alpha value is -3.81. The number of rotatable bonds is 4. The number of aromatic nitrogens is 24. The summed E-state index contributed by atoms with van der Waals surface area (Å²) in [5, 5.41) is 0. The number of imidazole rings is 12. The number of unbranched alkanes of at least 4 members (excludes halogenated alkanes) is 4. The maximum absolute atomic E-state index is 3.49. The maximum atomic E-state index is 3.49. The van der Waals surface area contributed by atoms with Crippen molar-refractivity contribution in [1.82, 2.24) is 54.6 Å². The van der Waals surface area contributed by atoms with Crippen LogP contribution in [0.3, 0.4) is 0 Å². The quantitative estimate of drug-likeness (QED) is 0.0951. The molecule has 580 valence electrons. The summed E-state index contributed by atoms with van der Waals surface area (Å²) >= 11 is 0. The van der Waals surface area contributed by atoms with Crippen LogP contribution in [-0.4, -0.2) is 165 Å². The monoisotopic (exact) mass is 2180 g/mol. The van der Waals surface area contributed by atoms with Crippen molar-refractivity contribution in [3.05, 3.63) is 225 Å². The third-order valence-electron chi connectivity index (χ3n) is 20.9. The van der Waals surface area contributed by atoms with Gasteiger partial charge in [-0.15, -0.1) is 81.9 Å². The molecule has 3 aliphatic rings. The fourth-order valence-electron chi connectivity index (χ4n) is 12.9. The van der Waals surface area contributed by atoms with Crippen LogP contribution in [0.5, 0.6) is 0 Å². The maximum Gasteiger partial charge on any atom is 4.00 e. The molecule has 0 unspecified atom stereocenters. The Balaban J connectivity index is 0.000000502. The van der Waals surface area contributed by atoms with Crippen LogP contribution in [0.2, 0.25) is 81.9 Å². The molecule has 0 aliphatic carbocycles. The molecule has 15 rings (SSSR count). The Morgan fingerprint density at radius 3 is 0.569 bits per heavy atom. The average Bonchev–Trinajstić information content (AvgIpc) is 1.65. The summed E-state index contributed by atoms with van der Waals surface area (Å²) < 4.78 is 51.3. The zero-order chi connectivity index (χ0) is 71.0. The van der Waals surface area contributed by atoms with Crippen LogP contribution in [0.15, 0.2) is 149 Å². The molecule has 3 aliphatic heterocycles. The van der Waals surface area contributed by atoms with E-state index in [1.165, 1.54) is 38.5 Å². The first-order chi connectivity index (χ1) is 47.8. The molecule has 0 N–H and O–H groups in total. The van der Waals surface area contributed by atoms with E-state index in [2.05, 4.69) is 443 Å². The number of halogens is 6. The Morgan fingerprint density at radius 1 is 0.229 bits per heavy atom. The summed E-state index contributed by atoms with van der Waals surface area (Å²) in [4.78, 5) is 0. The standard InChI is InChI=1S/3C20H28B2N8.2C5H12.6BrH.3Sn/c3*1-21(2)27-13-9-23(17-27)5-7-25-11-15-29(19-25)22(3,4)30-16-12-26(20-30)8-6-24-10-14-28(21)18-24;2*1-3-5-4-2;;;;;;;;;/h3*9-16H,5-8H2,1-4H3;2*3-5H2,1-2H3;6*1H;;;/q3*-2;;;;;;;;;3*+4/p-6. The van der Waals surface area contributed by atoms with E-state index < -0.39 is 38.5 Å². The van der Waals surface area contributed by atoms with Crippen LogP contribution < -0.4 is 156 Å². The first-order valence-electron chi connectivity index (χ1n) is 37.2. The number of hydrogen-bond donors (Lipinski definition) is 0. The molecule has 0 amide bonds. The Morgan fingerprint density at radius 2 is 0.394 bits per heavy atom. The molecule has 0 saturated carbocycles. The minimum atomic E-state index is -1.06. The van der Waals surface area contributed by atoms with Crippen LogP contribution in [0.4, 0.5) is 0 Å². The van der Waals surface area contributed by atoms with Gasteiger partial charge in [-0.1, -0.05) is 141 Å². The van der Waals surface area contributed by atoms with E-state index in [1.54, 1.807) is 0 Å². The molecular weight excluding hydrogens is 2080 g/mol. The topological polar surface area (TPSA) is 106 Å². The number of aryl methyl sites for hydroxylation is 12. The van der Waals surface area contributed by atoms with Crippen molar-refractivity contribution >= 4 is 110 Å². The summed E-state index contributed by atoms with van der Waals surface area (Å²) in [5.41, 5.74) is 0. The summed E-state index contributed by atoms with van der Waals surface area (Å²) in [6.45, 7) is 45.7. The Kier molecular flexibility index (Phi) is 41.2. The van der Waals surface area contributed by atoms with Crippen LogP contribution in [0, 0.1) is 75.9 Å². The van der Waals surface area contributed by atoms with Crippen LogP contribution in [0.25, 0.3) is 0 Å². The predicted molar refractivity (Wildman–Crippen MR) is 399 cm³/mol. The van der Waals surface area contributed by atoms with Gasteiger partial charge in [0.1, 0.15) is 78.5 Å². The molecule has 0 radical (unpaired) electrons. The zero-order valence-electron chi connectivity index (χ0n) is 66.5. The van der Waals surface area contributed by atoms with Crippen molar-refractivity contribution in [1.29, 1.82) is 0 Å². The molecule has 0 atom stereocenters. The van der Waals surface area contributed by atoms with Gasteiger partial charge < -0.3 is 210 Å². The summed E-state index contributed by atoms with van der Waals surface area (Å²) in [6, 6.07) is 0. The second-order valence-corrected chi connectivity index (χ2v) is 31.0. The minimum Gasteiger partial charge on any atom is -1.00 e. The van der Waals surface area contributed by atoms with Gasteiger partial charge in [0, 0.05) is 0 Å². The fraction of sp³-hybridized carbons (Fsp3) is 0.486. The van der Waals surface area contributed by atoms with E-state index in [-0.39, 0.29) is 174 Å². The smallest absolute Gasteiger partial charge is 1.00 e. The molecular formula is C70H108B6Br6N24Sn3. The number of hydrogen-bond acceptors (Lipinski definition) is 0. The van der Waals surface area contributed by atoms with E-state index in [0.717, 1.165) is 78.5 Å². The third kappa shape index (κ3) is 24.6. The molecule has 15 heterocycles. The summed E-state index contributed by atoms with van der Waals surface area (Å²) in [5.74, 6) is 0. The van der Waals surface area contributed by atoms with Gasteiger partial charge in [0.15, 0.2) is 75.9 Å². The second-order valence-electron chi connectivity index (χ2n) is 31.0. The first kappa shape index (κ1) is 101. The molecule has 24 nitrogen and oxygen atoms in total. The van der Waals surface area contributed by atoms with E-state index in [0.29, 0.717) is 0 Å². The molecule has 0 fully saturated rings. The van der Waals surface area contributed by atoms with Gasteiger partial charge in [-0.2, -0.15) is 0 Å². The summed E-state index contributed by atoms with van der Waals surface area (Å²) in [6.07, 6.45) is 94.0. The van der Waals surface area contributed by atoms with Crippen LogP contribution in [0.1, 0.15) is 66.2 Å². The van der Waals surface area contributed by atoms with Crippen molar-refractivity contribution in [3.63, 3.8) is 0 Å². The molecule has 24 bridgehead atoms. The van der Waals surface area contributed by atoms with Gasteiger partial charge in [-0.05, 0) is 74.4 Å². The molecule has 109 heavy (non-hydrogen) atoms. The minimum absolute atomic E-state index is 0. The third-order valence-corrected chi connectivity index (χ3v) is 20.9. The van der Waals surface area contributed by atoms with Gasteiger partial charge in [0.25, 0.3) is 0 Å². The molecule has 12 aromatic rings. The molecule has 0 saturated heterocycles. The largest absolute Gasteiger partial charge is 4.00 e. The Labute approximate surface area is 763 Å². The van der Waals surface area contributed by atoms with Crippen molar-refractivity contribution in [2.45, 2.75) is 227 Å². The van der Waals surface area contributed by atoms with Gasteiger partial charge in [-0.25, -0.2) is 0 Å². The fourth-order valence-corrected chi connectivity index (χ4v) is 12.9. The van der Waals surface area contributed by atoms with Gasteiger partial charge in [0.05, 0.1) is 0 Å². The van der Waals surface area contributed by atoms with E-state index in [4.69, 9.17) is 0 Å². The van der Waals surface area contributed by atoms with Crippen molar-refractivity contribution in [2.24, 2.45) is 0 Å². The van der Waals surface area contributed by atoms with Gasteiger partial charge in [0.2, 0.25) is 0 Å². The van der Waals surface area contributed by atoms with E-state index >= 15 is 0 Å². The molecule has 0 aromatic carbocycles. The predicted octanol–water partition coefficient (Wildman–Crippen LogP) is -17.3. The van der Waals surface area contributed by atoms with E-state index in [9.17, 15) is 0 Å². The van der Waals surface area contributed by atoms with Gasteiger partial charge in [-0.3, -0.25) is 0 Å². The second kappa shape index (κ2) is 44.3. The Bertz CT molecular complexity index is 3600. The van der Waals surface area contributed by atoms with Crippen molar-refractivity contribution in [2.75, 3.05) is 0 Å². The molecule has 39 heteroatoms.